The van der Waals surface area contributed by atoms with E-state index < -0.39 is 5.97 Å². The van der Waals surface area contributed by atoms with Crippen LogP contribution in [-0.2, 0) is 11.2 Å². The highest BCUT2D eigenvalue weighted by Gasteiger charge is 2.50. The second kappa shape index (κ2) is 7.71. The number of rotatable bonds is 8. The van der Waals surface area contributed by atoms with Crippen LogP contribution in [0, 0.1) is 23.2 Å². The van der Waals surface area contributed by atoms with E-state index in [2.05, 4.69) is 10.3 Å². The van der Waals surface area contributed by atoms with E-state index in [1.807, 2.05) is 28.8 Å². The molecular weight excluding hydrogens is 378 g/mol. The molecule has 1 amide bonds. The van der Waals surface area contributed by atoms with Gasteiger partial charge in [0, 0.05) is 19.2 Å². The van der Waals surface area contributed by atoms with Crippen LogP contribution in [0.2, 0.25) is 0 Å². The van der Waals surface area contributed by atoms with Crippen molar-refractivity contribution in [2.45, 2.75) is 64.2 Å². The molecule has 6 heteroatoms. The Hall–Kier alpha value is -2.37. The Bertz CT molecular complexity index is 928. The average Bonchev–Trinajstić information content (AvgIpc) is 3.11. The van der Waals surface area contributed by atoms with Crippen molar-refractivity contribution in [3.63, 3.8) is 0 Å². The van der Waals surface area contributed by atoms with Crippen molar-refractivity contribution in [2.75, 3.05) is 6.54 Å². The SMILES string of the molecule is O=C(O)CCCCc1cn2c(C(=O)NCC34CC5CC(CC(C5)C3)C4)cccc2n1. The van der Waals surface area contributed by atoms with Gasteiger partial charge < -0.3 is 10.4 Å². The Morgan fingerprint density at radius 3 is 2.47 bits per heavy atom. The lowest BCUT2D eigenvalue weighted by molar-refractivity contribution is -0.137. The topological polar surface area (TPSA) is 83.7 Å². The molecule has 0 aromatic carbocycles. The minimum absolute atomic E-state index is 0.0221. The molecular formula is C24H31N3O3. The van der Waals surface area contributed by atoms with Crippen LogP contribution in [0.25, 0.3) is 5.65 Å². The van der Waals surface area contributed by atoms with Crippen molar-refractivity contribution in [1.82, 2.24) is 14.7 Å². The summed E-state index contributed by atoms with van der Waals surface area (Å²) in [6.07, 6.45) is 12.4. The van der Waals surface area contributed by atoms with Gasteiger partial charge in [0.25, 0.3) is 5.91 Å². The highest BCUT2D eigenvalue weighted by atomic mass is 16.4. The zero-order chi connectivity index (χ0) is 20.7. The highest BCUT2D eigenvalue weighted by molar-refractivity contribution is 5.93. The molecule has 2 heterocycles. The van der Waals surface area contributed by atoms with Crippen LogP contribution in [-0.4, -0.2) is 32.9 Å². The Labute approximate surface area is 177 Å². The number of hydrogen-bond acceptors (Lipinski definition) is 3. The van der Waals surface area contributed by atoms with Crippen LogP contribution in [0.15, 0.2) is 24.4 Å². The van der Waals surface area contributed by atoms with Gasteiger partial charge in [-0.05, 0) is 93.1 Å². The molecule has 2 N–H and O–H groups in total. The third-order valence-corrected chi connectivity index (χ3v) is 7.64. The van der Waals surface area contributed by atoms with Gasteiger partial charge in [0.05, 0.1) is 5.69 Å². The first kappa shape index (κ1) is 19.6. The molecule has 2 aromatic heterocycles. The van der Waals surface area contributed by atoms with Gasteiger partial charge in [-0.1, -0.05) is 6.07 Å². The maximum Gasteiger partial charge on any atom is 0.303 e. The zero-order valence-corrected chi connectivity index (χ0v) is 17.5. The summed E-state index contributed by atoms with van der Waals surface area (Å²) in [4.78, 5) is 28.4. The summed E-state index contributed by atoms with van der Waals surface area (Å²) in [5.41, 5.74) is 2.62. The van der Waals surface area contributed by atoms with Crippen LogP contribution < -0.4 is 5.32 Å². The molecule has 160 valence electrons. The molecule has 0 atom stereocenters. The smallest absolute Gasteiger partial charge is 0.303 e. The van der Waals surface area contributed by atoms with Crippen molar-refractivity contribution in [2.24, 2.45) is 23.2 Å². The number of imidazole rings is 1. The number of aryl methyl sites for hydroxylation is 1. The van der Waals surface area contributed by atoms with Gasteiger partial charge in [0.2, 0.25) is 0 Å². The molecule has 6 nitrogen and oxygen atoms in total. The van der Waals surface area contributed by atoms with Crippen LogP contribution in [0.1, 0.15) is 74.0 Å². The summed E-state index contributed by atoms with van der Waals surface area (Å²) in [5, 5.41) is 12.0. The lowest BCUT2D eigenvalue weighted by atomic mass is 9.49. The Kier molecular flexibility index (Phi) is 5.03. The van der Waals surface area contributed by atoms with E-state index in [-0.39, 0.29) is 12.3 Å². The van der Waals surface area contributed by atoms with Gasteiger partial charge >= 0.3 is 5.97 Å². The fourth-order valence-electron chi connectivity index (χ4n) is 6.81. The fourth-order valence-corrected chi connectivity index (χ4v) is 6.81. The maximum absolute atomic E-state index is 13.1. The first-order valence-electron chi connectivity index (χ1n) is 11.5. The second-order valence-electron chi connectivity index (χ2n) is 10.1. The highest BCUT2D eigenvalue weighted by Crippen LogP contribution is 2.59. The average molecular weight is 410 g/mol. The number of nitrogens with one attached hydrogen (secondary N) is 1. The number of fused-ring (bicyclic) bond motifs is 1. The van der Waals surface area contributed by atoms with Crippen LogP contribution in [0.5, 0.6) is 0 Å². The summed E-state index contributed by atoms with van der Waals surface area (Å²) in [7, 11) is 0. The van der Waals surface area contributed by atoms with Gasteiger partial charge in [-0.25, -0.2) is 4.98 Å². The monoisotopic (exact) mass is 409 g/mol. The number of aliphatic carboxylic acids is 1. The van der Waals surface area contributed by atoms with Crippen LogP contribution >= 0.6 is 0 Å². The van der Waals surface area contributed by atoms with Crippen molar-refractivity contribution in [3.8, 4) is 0 Å². The van der Waals surface area contributed by atoms with Crippen LogP contribution in [0.4, 0.5) is 0 Å². The molecule has 4 aliphatic rings. The third-order valence-electron chi connectivity index (χ3n) is 7.64. The number of pyridine rings is 1. The number of hydrogen-bond donors (Lipinski definition) is 2. The molecule has 0 unspecified atom stereocenters. The molecule has 0 radical (unpaired) electrons. The first-order chi connectivity index (χ1) is 14.5. The van der Waals surface area contributed by atoms with Crippen LogP contribution in [0.3, 0.4) is 0 Å². The summed E-state index contributed by atoms with van der Waals surface area (Å²) in [6, 6.07) is 5.66. The number of nitrogens with zero attached hydrogens (tertiary/aromatic N) is 2. The number of carboxylic acid groups (broad SMARTS) is 1. The molecule has 4 saturated carbocycles. The second-order valence-corrected chi connectivity index (χ2v) is 10.1. The van der Waals surface area contributed by atoms with Crippen molar-refractivity contribution >= 4 is 17.5 Å². The maximum atomic E-state index is 13.1. The van der Waals surface area contributed by atoms with E-state index in [0.717, 1.165) is 48.5 Å². The molecule has 0 saturated heterocycles. The number of aromatic nitrogens is 2. The Morgan fingerprint density at radius 2 is 1.80 bits per heavy atom. The van der Waals surface area contributed by atoms with Gasteiger partial charge in [0.15, 0.2) is 0 Å². The summed E-state index contributed by atoms with van der Waals surface area (Å²) < 4.78 is 1.88. The Morgan fingerprint density at radius 1 is 1.10 bits per heavy atom. The molecule has 4 fully saturated rings. The zero-order valence-electron chi connectivity index (χ0n) is 17.5. The van der Waals surface area contributed by atoms with Gasteiger partial charge in [-0.3, -0.25) is 14.0 Å². The van der Waals surface area contributed by atoms with E-state index in [1.165, 1.54) is 38.5 Å². The number of carboxylic acids is 1. The predicted octanol–water partition coefficient (Wildman–Crippen LogP) is 4.08. The van der Waals surface area contributed by atoms with Gasteiger partial charge in [0.1, 0.15) is 11.3 Å². The summed E-state index contributed by atoms with van der Waals surface area (Å²) in [6.45, 7) is 0.794. The van der Waals surface area contributed by atoms with E-state index in [9.17, 15) is 9.59 Å². The molecule has 6 rings (SSSR count). The van der Waals surface area contributed by atoms with Gasteiger partial charge in [-0.2, -0.15) is 0 Å². The minimum Gasteiger partial charge on any atom is -0.481 e. The third kappa shape index (κ3) is 3.84. The van der Waals surface area contributed by atoms with Crippen molar-refractivity contribution in [3.05, 3.63) is 35.8 Å². The number of unbranched alkanes of at least 4 members (excludes halogenated alkanes) is 1. The number of amides is 1. The standard InChI is InChI=1S/C24H31N3O3/c28-22(29)7-2-1-4-19-14-27-20(5-3-6-21(27)26-19)23(30)25-15-24-11-16-8-17(12-24)10-18(9-16)13-24/h3,5-6,14,16-18H,1-2,4,7-13,15H2,(H,25,30)(H,28,29). The predicted molar refractivity (Wildman–Crippen MR) is 113 cm³/mol. The van der Waals surface area contributed by atoms with E-state index in [1.54, 1.807) is 0 Å². The molecule has 0 spiro atoms. The summed E-state index contributed by atoms with van der Waals surface area (Å²) >= 11 is 0. The molecule has 4 bridgehead atoms. The fraction of sp³-hybridized carbons (Fsp3) is 0.625. The summed E-state index contributed by atoms with van der Waals surface area (Å²) in [5.74, 6) is 1.87. The van der Waals surface area contributed by atoms with Gasteiger partial charge in [-0.15, -0.1) is 0 Å². The first-order valence-corrected chi connectivity index (χ1v) is 11.5. The Balaban J connectivity index is 1.25. The number of carbonyl (C=O) groups is 2. The molecule has 30 heavy (non-hydrogen) atoms. The van der Waals surface area contributed by atoms with E-state index in [4.69, 9.17) is 5.11 Å². The quantitative estimate of drug-likeness (QED) is 0.644. The molecule has 2 aromatic rings. The van der Waals surface area contributed by atoms with E-state index >= 15 is 0 Å². The van der Waals surface area contributed by atoms with Crippen molar-refractivity contribution in [1.29, 1.82) is 0 Å². The number of carbonyl (C=O) groups excluding carboxylic acids is 1. The minimum atomic E-state index is -0.761. The largest absolute Gasteiger partial charge is 0.481 e. The lowest BCUT2D eigenvalue weighted by Crippen LogP contribution is -2.51. The van der Waals surface area contributed by atoms with E-state index in [0.29, 0.717) is 17.5 Å². The molecule has 0 aliphatic heterocycles. The van der Waals surface area contributed by atoms with Crippen molar-refractivity contribution < 1.29 is 14.7 Å². The lowest BCUT2D eigenvalue weighted by Gasteiger charge is -2.56. The normalized spacial score (nSPS) is 29.4. The molecule has 4 aliphatic carbocycles.